The van der Waals surface area contributed by atoms with Crippen molar-refractivity contribution in [2.45, 2.75) is 33.7 Å². The van der Waals surface area contributed by atoms with Gasteiger partial charge in [-0.1, -0.05) is 13.8 Å². The third-order valence-corrected chi connectivity index (χ3v) is 2.88. The molecular weight excluding hydrogens is 218 g/mol. The molecule has 0 bridgehead atoms. The second-order valence-corrected chi connectivity index (χ2v) is 3.82. The molecule has 0 spiro atoms. The lowest BCUT2D eigenvalue weighted by Crippen LogP contribution is -2.26. The molecule has 17 heavy (non-hydrogen) atoms. The Labute approximate surface area is 103 Å². The van der Waals surface area contributed by atoms with E-state index in [4.69, 9.17) is 9.15 Å². The highest BCUT2D eigenvalue weighted by Crippen LogP contribution is 2.22. The molecule has 0 unspecified atom stereocenters. The third kappa shape index (κ3) is 3.33. The van der Waals surface area contributed by atoms with Crippen LogP contribution in [0.3, 0.4) is 0 Å². The third-order valence-electron chi connectivity index (χ3n) is 2.88. The molecule has 0 fully saturated rings. The van der Waals surface area contributed by atoms with Gasteiger partial charge in [0, 0.05) is 0 Å². The van der Waals surface area contributed by atoms with Gasteiger partial charge in [-0.25, -0.2) is 4.79 Å². The van der Waals surface area contributed by atoms with Gasteiger partial charge >= 0.3 is 5.97 Å². The Bertz CT molecular complexity index is 355. The molecule has 0 amide bonds. The number of ether oxygens (including phenoxy) is 1. The Kier molecular flexibility index (Phi) is 5.22. The lowest BCUT2D eigenvalue weighted by atomic mass is 10.2. The van der Waals surface area contributed by atoms with Crippen LogP contribution in [-0.4, -0.2) is 30.6 Å². The highest BCUT2D eigenvalue weighted by Gasteiger charge is 2.19. The summed E-state index contributed by atoms with van der Waals surface area (Å²) in [5.41, 5.74) is 0. The van der Waals surface area contributed by atoms with Crippen molar-refractivity contribution in [3.8, 4) is 0 Å². The number of rotatable bonds is 6. The number of hydrogen-bond donors (Lipinski definition) is 0. The van der Waals surface area contributed by atoms with E-state index >= 15 is 0 Å². The van der Waals surface area contributed by atoms with Gasteiger partial charge in [0.1, 0.15) is 5.76 Å². The van der Waals surface area contributed by atoms with Gasteiger partial charge in [0.25, 0.3) is 0 Å². The van der Waals surface area contributed by atoms with E-state index in [1.54, 1.807) is 13.0 Å². The molecule has 0 aliphatic heterocycles. The van der Waals surface area contributed by atoms with E-state index in [1.165, 1.54) is 0 Å². The van der Waals surface area contributed by atoms with Crippen molar-refractivity contribution in [3.05, 3.63) is 23.7 Å². The van der Waals surface area contributed by atoms with Crippen molar-refractivity contribution in [3.63, 3.8) is 0 Å². The second-order valence-electron chi connectivity index (χ2n) is 3.82. The van der Waals surface area contributed by atoms with Gasteiger partial charge in [-0.2, -0.15) is 0 Å². The van der Waals surface area contributed by atoms with Crippen molar-refractivity contribution in [2.24, 2.45) is 0 Å². The fraction of sp³-hybridized carbons (Fsp3) is 0.615. The van der Waals surface area contributed by atoms with Gasteiger partial charge < -0.3 is 9.15 Å². The van der Waals surface area contributed by atoms with Crippen molar-refractivity contribution < 1.29 is 13.9 Å². The smallest absolute Gasteiger partial charge is 0.374 e. The van der Waals surface area contributed by atoms with Crippen LogP contribution < -0.4 is 0 Å². The summed E-state index contributed by atoms with van der Waals surface area (Å²) in [4.78, 5) is 13.7. The zero-order chi connectivity index (χ0) is 12.8. The quantitative estimate of drug-likeness (QED) is 0.716. The van der Waals surface area contributed by atoms with E-state index in [2.05, 4.69) is 25.7 Å². The summed E-state index contributed by atoms with van der Waals surface area (Å²) in [6.07, 6.45) is 0. The molecule has 0 aliphatic carbocycles. The molecule has 4 nitrogen and oxygen atoms in total. The van der Waals surface area contributed by atoms with Crippen LogP contribution in [0.15, 0.2) is 16.5 Å². The van der Waals surface area contributed by atoms with Crippen molar-refractivity contribution in [1.82, 2.24) is 4.90 Å². The highest BCUT2D eigenvalue weighted by molar-refractivity contribution is 5.86. The van der Waals surface area contributed by atoms with Gasteiger partial charge in [-0.15, -0.1) is 0 Å². The lowest BCUT2D eigenvalue weighted by molar-refractivity contribution is 0.0484. The second kappa shape index (κ2) is 6.45. The number of carbonyl (C=O) groups excluding carboxylic acids is 1. The zero-order valence-electron chi connectivity index (χ0n) is 11.0. The molecule has 1 rings (SSSR count). The number of furan rings is 1. The highest BCUT2D eigenvalue weighted by atomic mass is 16.5. The van der Waals surface area contributed by atoms with Crippen molar-refractivity contribution in [2.75, 3.05) is 19.7 Å². The Morgan fingerprint density at radius 2 is 2.00 bits per heavy atom. The first kappa shape index (κ1) is 13.8. The zero-order valence-corrected chi connectivity index (χ0v) is 11.0. The number of hydrogen-bond acceptors (Lipinski definition) is 4. The van der Waals surface area contributed by atoms with Crippen LogP contribution in [0, 0.1) is 0 Å². The van der Waals surface area contributed by atoms with Crippen LogP contribution in [-0.2, 0) is 4.74 Å². The average Bonchev–Trinajstić information content (AvgIpc) is 2.80. The largest absolute Gasteiger partial charge is 0.460 e. The van der Waals surface area contributed by atoms with Crippen LogP contribution >= 0.6 is 0 Å². The first-order valence-electron chi connectivity index (χ1n) is 6.14. The fourth-order valence-electron chi connectivity index (χ4n) is 1.84. The number of nitrogens with zero attached hydrogens (tertiary/aromatic N) is 1. The van der Waals surface area contributed by atoms with E-state index in [0.717, 1.165) is 18.8 Å². The van der Waals surface area contributed by atoms with E-state index in [-0.39, 0.29) is 11.8 Å². The standard InChI is InChI=1S/C13H21NO3/c1-5-14(6-2)10(4)11-8-9-12(17-11)13(15)16-7-3/h8-10H,5-7H2,1-4H3/t10-/m0/s1. The summed E-state index contributed by atoms with van der Waals surface area (Å²) in [6.45, 7) is 10.3. The summed E-state index contributed by atoms with van der Waals surface area (Å²) in [5.74, 6) is 0.683. The monoisotopic (exact) mass is 239 g/mol. The van der Waals surface area contributed by atoms with Gasteiger partial charge in [0.2, 0.25) is 5.76 Å². The molecule has 0 aromatic carbocycles. The molecule has 0 N–H and O–H groups in total. The average molecular weight is 239 g/mol. The molecule has 0 saturated heterocycles. The first-order valence-corrected chi connectivity index (χ1v) is 6.14. The SMILES string of the molecule is CCOC(=O)c1ccc([C@H](C)N(CC)CC)o1. The minimum absolute atomic E-state index is 0.174. The van der Waals surface area contributed by atoms with E-state index in [9.17, 15) is 4.79 Å². The lowest BCUT2D eigenvalue weighted by Gasteiger charge is -2.24. The fourth-order valence-corrected chi connectivity index (χ4v) is 1.84. The maximum atomic E-state index is 11.5. The maximum Gasteiger partial charge on any atom is 0.374 e. The molecule has 1 aromatic heterocycles. The summed E-state index contributed by atoms with van der Waals surface area (Å²) in [5, 5.41) is 0. The van der Waals surface area contributed by atoms with Gasteiger partial charge in [0.05, 0.1) is 12.6 Å². The molecular formula is C13H21NO3. The first-order chi connectivity index (χ1) is 8.13. The molecule has 1 atom stereocenters. The molecule has 1 heterocycles. The molecule has 0 radical (unpaired) electrons. The van der Waals surface area contributed by atoms with Crippen LogP contribution in [0.25, 0.3) is 0 Å². The summed E-state index contributed by atoms with van der Waals surface area (Å²) < 4.78 is 10.4. The topological polar surface area (TPSA) is 42.7 Å². The molecule has 0 aliphatic rings. The Morgan fingerprint density at radius 3 is 2.53 bits per heavy atom. The summed E-state index contributed by atoms with van der Waals surface area (Å²) in [6, 6.07) is 3.69. The van der Waals surface area contributed by atoms with Crippen LogP contribution in [0.1, 0.15) is 50.1 Å². The van der Waals surface area contributed by atoms with Gasteiger partial charge in [-0.05, 0) is 39.1 Å². The Balaban J connectivity index is 2.76. The van der Waals surface area contributed by atoms with Crippen molar-refractivity contribution >= 4 is 5.97 Å². The van der Waals surface area contributed by atoms with Crippen LogP contribution in [0.4, 0.5) is 0 Å². The van der Waals surface area contributed by atoms with Crippen LogP contribution in [0.2, 0.25) is 0 Å². The minimum Gasteiger partial charge on any atom is -0.460 e. The summed E-state index contributed by atoms with van der Waals surface area (Å²) >= 11 is 0. The van der Waals surface area contributed by atoms with E-state index in [0.29, 0.717) is 6.61 Å². The minimum atomic E-state index is -0.398. The van der Waals surface area contributed by atoms with Crippen molar-refractivity contribution in [1.29, 1.82) is 0 Å². The Hall–Kier alpha value is -1.29. The van der Waals surface area contributed by atoms with Gasteiger partial charge in [0.15, 0.2) is 0 Å². The van der Waals surface area contributed by atoms with E-state index in [1.807, 2.05) is 6.07 Å². The maximum absolute atomic E-state index is 11.5. The molecule has 0 saturated carbocycles. The molecule has 1 aromatic rings. The predicted octanol–water partition coefficient (Wildman–Crippen LogP) is 2.86. The van der Waals surface area contributed by atoms with Gasteiger partial charge in [-0.3, -0.25) is 4.90 Å². The Morgan fingerprint density at radius 1 is 1.35 bits per heavy atom. The number of carbonyl (C=O) groups is 1. The molecule has 4 heteroatoms. The summed E-state index contributed by atoms with van der Waals surface area (Å²) in [7, 11) is 0. The predicted molar refractivity (Wildman–Crippen MR) is 66.0 cm³/mol. The normalized spacial score (nSPS) is 12.8. The van der Waals surface area contributed by atoms with E-state index < -0.39 is 5.97 Å². The molecule has 96 valence electrons. The number of esters is 1. The van der Waals surface area contributed by atoms with Crippen LogP contribution in [0.5, 0.6) is 0 Å².